The van der Waals surface area contributed by atoms with Crippen LogP contribution in [0.25, 0.3) is 11.3 Å². The third-order valence-electron chi connectivity index (χ3n) is 3.77. The third kappa shape index (κ3) is 3.23. The van der Waals surface area contributed by atoms with E-state index in [4.69, 9.17) is 16.7 Å². The molecule has 0 aliphatic heterocycles. The van der Waals surface area contributed by atoms with Crippen molar-refractivity contribution < 1.29 is 0 Å². The largest absolute Gasteiger partial charge is 0.382 e. The average molecular weight is 305 g/mol. The van der Waals surface area contributed by atoms with Crippen LogP contribution < -0.4 is 11.6 Å². The summed E-state index contributed by atoms with van der Waals surface area (Å²) in [6.07, 6.45) is 0. The molecule has 1 aromatic heterocycles. The van der Waals surface area contributed by atoms with Gasteiger partial charge < -0.3 is 11.6 Å². The Morgan fingerprint density at radius 2 is 1.78 bits per heavy atom. The maximum absolute atomic E-state index is 5.70. The zero-order valence-corrected chi connectivity index (χ0v) is 13.0. The fourth-order valence-corrected chi connectivity index (χ4v) is 2.45. The molecule has 0 saturated heterocycles. The van der Waals surface area contributed by atoms with E-state index in [0.29, 0.717) is 5.84 Å². The van der Waals surface area contributed by atoms with E-state index in [1.165, 1.54) is 5.56 Å². The molecule has 4 N–H and O–H groups in total. The van der Waals surface area contributed by atoms with Crippen LogP contribution in [0.1, 0.15) is 16.8 Å². The van der Waals surface area contributed by atoms with Crippen LogP contribution >= 0.6 is 0 Å². The van der Waals surface area contributed by atoms with Gasteiger partial charge in [-0.25, -0.2) is 0 Å². The minimum absolute atomic E-state index is 0.322. The van der Waals surface area contributed by atoms with Crippen molar-refractivity contribution in [2.75, 3.05) is 0 Å². The van der Waals surface area contributed by atoms with Gasteiger partial charge in [-0.15, -0.1) is 0 Å². The second-order valence-electron chi connectivity index (χ2n) is 5.41. The topological polar surface area (TPSA) is 82.2 Å². The summed E-state index contributed by atoms with van der Waals surface area (Å²) in [5.74, 6) is 5.52. The number of hydrogen-bond donors (Lipinski definition) is 2. The van der Waals surface area contributed by atoms with Crippen molar-refractivity contribution in [3.05, 3.63) is 77.5 Å². The molecule has 2 aromatic carbocycles. The van der Waals surface area contributed by atoms with Crippen LogP contribution in [0.2, 0.25) is 0 Å². The zero-order chi connectivity index (χ0) is 16.2. The van der Waals surface area contributed by atoms with E-state index in [0.717, 1.165) is 29.1 Å². The van der Waals surface area contributed by atoms with E-state index in [1.807, 2.05) is 47.1 Å². The summed E-state index contributed by atoms with van der Waals surface area (Å²) in [6.45, 7) is 2.82. The number of nitrogens with zero attached hydrogens (tertiary/aromatic N) is 3. The minimum Gasteiger partial charge on any atom is -0.382 e. The van der Waals surface area contributed by atoms with Gasteiger partial charge in [0.2, 0.25) is 0 Å². The molecule has 0 saturated carbocycles. The summed E-state index contributed by atoms with van der Waals surface area (Å²) in [5.41, 5.74) is 10.8. The highest BCUT2D eigenvalue weighted by Gasteiger charge is 2.08. The van der Waals surface area contributed by atoms with Crippen LogP contribution in [0.3, 0.4) is 0 Å². The highest BCUT2D eigenvalue weighted by atomic mass is 15.3. The molecule has 0 atom stereocenters. The molecule has 5 heteroatoms. The summed E-state index contributed by atoms with van der Waals surface area (Å²) >= 11 is 0. The van der Waals surface area contributed by atoms with E-state index in [-0.39, 0.29) is 0 Å². The van der Waals surface area contributed by atoms with Crippen LogP contribution in [0.4, 0.5) is 0 Å². The van der Waals surface area contributed by atoms with Gasteiger partial charge in [0.1, 0.15) is 5.84 Å². The van der Waals surface area contributed by atoms with E-state index >= 15 is 0 Å². The quantitative estimate of drug-likeness (QED) is 0.336. The average Bonchev–Trinajstić information content (AvgIpc) is 2.96. The number of hydrogen-bond acceptors (Lipinski definition) is 3. The smallest absolute Gasteiger partial charge is 0.150 e. The zero-order valence-electron chi connectivity index (χ0n) is 13.0. The summed E-state index contributed by atoms with van der Waals surface area (Å²) in [4.78, 5) is 0. The Kier molecular flexibility index (Phi) is 4.10. The number of aromatic nitrogens is 2. The lowest BCUT2D eigenvalue weighted by molar-refractivity contribution is 0.667. The Hall–Kier alpha value is -3.08. The molecule has 0 aliphatic rings. The summed E-state index contributed by atoms with van der Waals surface area (Å²) in [7, 11) is 0. The van der Waals surface area contributed by atoms with Gasteiger partial charge in [-0.2, -0.15) is 10.2 Å². The SMILES string of the molecule is Cc1cc(-c2ccc(/C(N)=N/N)cc2)nn1Cc1ccccc1. The third-order valence-corrected chi connectivity index (χ3v) is 3.77. The van der Waals surface area contributed by atoms with Gasteiger partial charge in [-0.1, -0.05) is 54.6 Å². The molecule has 0 amide bonds. The molecule has 3 rings (SSSR count). The molecular formula is C18H19N5. The molecule has 3 aromatic rings. The highest BCUT2D eigenvalue weighted by molar-refractivity contribution is 5.97. The first-order valence-corrected chi connectivity index (χ1v) is 7.40. The van der Waals surface area contributed by atoms with Gasteiger partial charge in [-0.3, -0.25) is 4.68 Å². The van der Waals surface area contributed by atoms with Gasteiger partial charge in [0.15, 0.2) is 0 Å². The van der Waals surface area contributed by atoms with Crippen LogP contribution in [0, 0.1) is 6.92 Å². The maximum atomic E-state index is 5.70. The molecule has 1 heterocycles. The Labute approximate surface area is 135 Å². The Morgan fingerprint density at radius 3 is 2.43 bits per heavy atom. The molecule has 0 spiro atoms. The van der Waals surface area contributed by atoms with Gasteiger partial charge in [0, 0.05) is 16.8 Å². The predicted octanol–water partition coefficient (Wildman–Crippen LogP) is 2.49. The number of rotatable bonds is 4. The molecule has 116 valence electrons. The first kappa shape index (κ1) is 14.8. The molecule has 0 fully saturated rings. The molecule has 0 aliphatic carbocycles. The Bertz CT molecular complexity index is 816. The van der Waals surface area contributed by atoms with E-state index < -0.39 is 0 Å². The van der Waals surface area contributed by atoms with Crippen LogP contribution in [0.15, 0.2) is 65.8 Å². The van der Waals surface area contributed by atoms with Crippen molar-refractivity contribution in [2.45, 2.75) is 13.5 Å². The second kappa shape index (κ2) is 6.36. The van der Waals surface area contributed by atoms with E-state index in [9.17, 15) is 0 Å². The Balaban J connectivity index is 1.85. The molecular weight excluding hydrogens is 286 g/mol. The first-order chi connectivity index (χ1) is 11.2. The molecule has 0 bridgehead atoms. The summed E-state index contributed by atoms with van der Waals surface area (Å²) < 4.78 is 2.01. The lowest BCUT2D eigenvalue weighted by Crippen LogP contribution is -2.15. The summed E-state index contributed by atoms with van der Waals surface area (Å²) in [5, 5.41) is 8.20. The van der Waals surface area contributed by atoms with Gasteiger partial charge in [-0.05, 0) is 18.6 Å². The molecule has 0 unspecified atom stereocenters. The molecule has 0 radical (unpaired) electrons. The van der Waals surface area contributed by atoms with Gasteiger partial charge in [0.05, 0.1) is 12.2 Å². The number of nitrogens with two attached hydrogens (primary N) is 2. The Morgan fingerprint density at radius 1 is 1.09 bits per heavy atom. The lowest BCUT2D eigenvalue weighted by atomic mass is 10.1. The normalized spacial score (nSPS) is 11.6. The fourth-order valence-electron chi connectivity index (χ4n) is 2.45. The van der Waals surface area contributed by atoms with Crippen LogP contribution in [0.5, 0.6) is 0 Å². The highest BCUT2D eigenvalue weighted by Crippen LogP contribution is 2.20. The summed E-state index contributed by atoms with van der Waals surface area (Å²) in [6, 6.07) is 20.1. The van der Waals surface area contributed by atoms with Crippen molar-refractivity contribution in [1.29, 1.82) is 0 Å². The standard InChI is InChI=1S/C18H19N5/c1-13-11-17(15-7-9-16(10-8-15)18(19)21-20)22-23(13)12-14-5-3-2-4-6-14/h2-11H,12,20H2,1H3,(H2,19,21). The van der Waals surface area contributed by atoms with Crippen molar-refractivity contribution in [2.24, 2.45) is 16.7 Å². The van der Waals surface area contributed by atoms with Gasteiger partial charge >= 0.3 is 0 Å². The monoisotopic (exact) mass is 305 g/mol. The van der Waals surface area contributed by atoms with Crippen LogP contribution in [-0.2, 0) is 6.54 Å². The van der Waals surface area contributed by atoms with Crippen molar-refractivity contribution in [3.8, 4) is 11.3 Å². The molecule has 23 heavy (non-hydrogen) atoms. The number of amidine groups is 1. The second-order valence-corrected chi connectivity index (χ2v) is 5.41. The maximum Gasteiger partial charge on any atom is 0.150 e. The van der Waals surface area contributed by atoms with Crippen molar-refractivity contribution in [1.82, 2.24) is 9.78 Å². The van der Waals surface area contributed by atoms with E-state index in [1.54, 1.807) is 0 Å². The van der Waals surface area contributed by atoms with E-state index in [2.05, 4.69) is 30.2 Å². The number of hydrazone groups is 1. The van der Waals surface area contributed by atoms with Crippen molar-refractivity contribution >= 4 is 5.84 Å². The van der Waals surface area contributed by atoms with Crippen molar-refractivity contribution in [3.63, 3.8) is 0 Å². The minimum atomic E-state index is 0.322. The van der Waals surface area contributed by atoms with Crippen LogP contribution in [-0.4, -0.2) is 15.6 Å². The number of benzene rings is 2. The number of aryl methyl sites for hydroxylation is 1. The first-order valence-electron chi connectivity index (χ1n) is 7.40. The fraction of sp³-hybridized carbons (Fsp3) is 0.111. The molecule has 5 nitrogen and oxygen atoms in total. The predicted molar refractivity (Wildman–Crippen MR) is 92.9 cm³/mol. The lowest BCUT2D eigenvalue weighted by Gasteiger charge is -2.04. The van der Waals surface area contributed by atoms with Gasteiger partial charge in [0.25, 0.3) is 0 Å².